The number of halogens is 1. The van der Waals surface area contributed by atoms with E-state index in [4.69, 9.17) is 22.1 Å². The van der Waals surface area contributed by atoms with Crippen LogP contribution in [0.25, 0.3) is 0 Å². The number of hydrogen-bond acceptors (Lipinski definition) is 4. The minimum atomic E-state index is 0.143. The third kappa shape index (κ3) is 2.93. The fraction of sp³-hybridized carbons (Fsp3) is 0.235. The Hall–Kier alpha value is -2.04. The predicted molar refractivity (Wildman–Crippen MR) is 90.8 cm³/mol. The molecule has 1 heterocycles. The highest BCUT2D eigenvalue weighted by atomic mass is 35.5. The van der Waals surface area contributed by atoms with Crippen molar-refractivity contribution in [2.75, 3.05) is 18.7 Å². The summed E-state index contributed by atoms with van der Waals surface area (Å²) in [5.74, 6) is 0.828. The first-order valence-corrected chi connectivity index (χ1v) is 7.54. The molecule has 0 spiro atoms. The van der Waals surface area contributed by atoms with Crippen molar-refractivity contribution in [3.8, 4) is 5.75 Å². The van der Waals surface area contributed by atoms with E-state index < -0.39 is 0 Å². The summed E-state index contributed by atoms with van der Waals surface area (Å²) in [7, 11) is 1.66. The lowest BCUT2D eigenvalue weighted by molar-refractivity contribution is 0.415. The zero-order valence-corrected chi connectivity index (χ0v) is 13.1. The lowest BCUT2D eigenvalue weighted by Gasteiger charge is -2.24. The highest BCUT2D eigenvalue weighted by molar-refractivity contribution is 6.30. The zero-order chi connectivity index (χ0) is 15.5. The van der Waals surface area contributed by atoms with Gasteiger partial charge in [-0.3, -0.25) is 5.01 Å². The molecule has 1 aliphatic heterocycles. The van der Waals surface area contributed by atoms with Gasteiger partial charge in [0.15, 0.2) is 0 Å². The van der Waals surface area contributed by atoms with Crippen LogP contribution in [0.5, 0.6) is 5.75 Å². The molecule has 1 unspecified atom stereocenters. The summed E-state index contributed by atoms with van der Waals surface area (Å²) in [4.78, 5) is 0. The molecule has 114 valence electrons. The average molecular weight is 316 g/mol. The number of ether oxygens (including phenoxy) is 1. The Morgan fingerprint density at radius 3 is 2.45 bits per heavy atom. The molecule has 2 aromatic rings. The van der Waals surface area contributed by atoms with Crippen molar-refractivity contribution in [3.05, 3.63) is 59.1 Å². The van der Waals surface area contributed by atoms with Gasteiger partial charge < -0.3 is 10.5 Å². The summed E-state index contributed by atoms with van der Waals surface area (Å²) in [5.41, 5.74) is 8.97. The molecule has 0 saturated carbocycles. The number of hydrazone groups is 1. The van der Waals surface area contributed by atoms with Crippen LogP contribution < -0.4 is 15.5 Å². The fourth-order valence-electron chi connectivity index (χ4n) is 2.61. The first-order chi connectivity index (χ1) is 10.7. The first-order valence-electron chi connectivity index (χ1n) is 7.16. The fourth-order valence-corrected chi connectivity index (χ4v) is 2.74. The molecule has 2 aromatic carbocycles. The van der Waals surface area contributed by atoms with Gasteiger partial charge >= 0.3 is 0 Å². The van der Waals surface area contributed by atoms with Gasteiger partial charge in [0.1, 0.15) is 5.75 Å². The van der Waals surface area contributed by atoms with Crippen molar-refractivity contribution >= 4 is 23.0 Å². The van der Waals surface area contributed by atoms with Crippen LogP contribution in [0.3, 0.4) is 0 Å². The molecule has 3 rings (SSSR count). The number of hydrogen-bond donors (Lipinski definition) is 1. The van der Waals surface area contributed by atoms with Crippen LogP contribution in [0.4, 0.5) is 5.69 Å². The van der Waals surface area contributed by atoms with Crippen molar-refractivity contribution < 1.29 is 4.74 Å². The highest BCUT2D eigenvalue weighted by Crippen LogP contribution is 2.36. The second-order valence-electron chi connectivity index (χ2n) is 5.18. The van der Waals surface area contributed by atoms with E-state index in [9.17, 15) is 0 Å². The third-order valence-corrected chi connectivity index (χ3v) is 4.05. The molecule has 2 N–H and O–H groups in total. The predicted octanol–water partition coefficient (Wildman–Crippen LogP) is 3.61. The van der Waals surface area contributed by atoms with Gasteiger partial charge in [0.25, 0.3) is 0 Å². The molecule has 22 heavy (non-hydrogen) atoms. The van der Waals surface area contributed by atoms with E-state index in [1.165, 1.54) is 5.56 Å². The topological polar surface area (TPSA) is 50.8 Å². The Labute approximate surface area is 135 Å². The van der Waals surface area contributed by atoms with Gasteiger partial charge in [-0.25, -0.2) is 0 Å². The van der Waals surface area contributed by atoms with Gasteiger partial charge in [-0.05, 0) is 42.0 Å². The molecule has 0 aromatic heterocycles. The van der Waals surface area contributed by atoms with E-state index in [0.717, 1.165) is 28.6 Å². The second kappa shape index (κ2) is 6.38. The smallest absolute Gasteiger partial charge is 0.119 e. The van der Waals surface area contributed by atoms with Gasteiger partial charge in [0.2, 0.25) is 0 Å². The normalized spacial score (nSPS) is 17.5. The molecule has 1 atom stereocenters. The van der Waals surface area contributed by atoms with Gasteiger partial charge in [-0.15, -0.1) is 0 Å². The van der Waals surface area contributed by atoms with Gasteiger partial charge in [0, 0.05) is 18.0 Å². The van der Waals surface area contributed by atoms with Crippen molar-refractivity contribution in [2.45, 2.75) is 12.5 Å². The van der Waals surface area contributed by atoms with E-state index in [1.807, 2.05) is 53.5 Å². The van der Waals surface area contributed by atoms with E-state index in [1.54, 1.807) is 7.11 Å². The van der Waals surface area contributed by atoms with Gasteiger partial charge in [-0.2, -0.15) is 5.10 Å². The van der Waals surface area contributed by atoms with Crippen LogP contribution in [0, 0.1) is 0 Å². The van der Waals surface area contributed by atoms with E-state index in [2.05, 4.69) is 5.10 Å². The Bertz CT molecular complexity index is 667. The summed E-state index contributed by atoms with van der Waals surface area (Å²) in [6.07, 6.45) is 0.824. The molecular weight excluding hydrogens is 298 g/mol. The SMILES string of the molecule is COc1ccc(N2N=C(CN)CC2c2ccc(Cl)cc2)cc1. The number of benzene rings is 2. The van der Waals surface area contributed by atoms with Gasteiger partial charge in [0.05, 0.1) is 24.6 Å². The van der Waals surface area contributed by atoms with Crippen LogP contribution in [-0.2, 0) is 0 Å². The van der Waals surface area contributed by atoms with Gasteiger partial charge in [-0.1, -0.05) is 23.7 Å². The molecular formula is C17H18ClN3O. The Kier molecular flexibility index (Phi) is 4.32. The molecule has 0 saturated heterocycles. The Morgan fingerprint density at radius 1 is 1.18 bits per heavy atom. The summed E-state index contributed by atoms with van der Waals surface area (Å²) < 4.78 is 5.21. The van der Waals surface area contributed by atoms with E-state index >= 15 is 0 Å². The van der Waals surface area contributed by atoms with Crippen molar-refractivity contribution in [1.29, 1.82) is 0 Å². The number of nitrogens with zero attached hydrogens (tertiary/aromatic N) is 2. The number of rotatable bonds is 4. The first kappa shape index (κ1) is 14.9. The summed E-state index contributed by atoms with van der Waals surface area (Å²) in [6.45, 7) is 0.469. The zero-order valence-electron chi connectivity index (χ0n) is 12.4. The third-order valence-electron chi connectivity index (χ3n) is 3.80. The average Bonchev–Trinajstić information content (AvgIpc) is 3.00. The maximum absolute atomic E-state index is 5.98. The highest BCUT2D eigenvalue weighted by Gasteiger charge is 2.28. The summed E-state index contributed by atoms with van der Waals surface area (Å²) >= 11 is 5.98. The largest absolute Gasteiger partial charge is 0.497 e. The van der Waals surface area contributed by atoms with Crippen LogP contribution >= 0.6 is 11.6 Å². The minimum Gasteiger partial charge on any atom is -0.497 e. The maximum Gasteiger partial charge on any atom is 0.119 e. The molecule has 0 radical (unpaired) electrons. The molecule has 5 heteroatoms. The molecule has 0 fully saturated rings. The van der Waals surface area contributed by atoms with Crippen LogP contribution in [-0.4, -0.2) is 19.4 Å². The molecule has 0 amide bonds. The second-order valence-corrected chi connectivity index (χ2v) is 5.62. The standard InChI is InChI=1S/C17H18ClN3O/c1-22-16-8-6-15(7-9-16)21-17(10-14(11-19)20-21)12-2-4-13(18)5-3-12/h2-9,17H,10-11,19H2,1H3. The lowest BCUT2D eigenvalue weighted by Crippen LogP contribution is -2.18. The maximum atomic E-state index is 5.98. The van der Waals surface area contributed by atoms with Crippen LogP contribution in [0.1, 0.15) is 18.0 Å². The van der Waals surface area contributed by atoms with Crippen molar-refractivity contribution in [3.63, 3.8) is 0 Å². The van der Waals surface area contributed by atoms with Crippen molar-refractivity contribution in [1.82, 2.24) is 0 Å². The summed E-state index contributed by atoms with van der Waals surface area (Å²) in [5, 5.41) is 7.42. The Balaban J connectivity index is 1.93. The van der Waals surface area contributed by atoms with Crippen LogP contribution in [0.15, 0.2) is 53.6 Å². The molecule has 4 nitrogen and oxygen atoms in total. The minimum absolute atomic E-state index is 0.143. The molecule has 0 bridgehead atoms. The van der Waals surface area contributed by atoms with Crippen molar-refractivity contribution in [2.24, 2.45) is 10.8 Å². The molecule has 1 aliphatic rings. The van der Waals surface area contributed by atoms with E-state index in [0.29, 0.717) is 6.54 Å². The molecule has 0 aliphatic carbocycles. The monoisotopic (exact) mass is 315 g/mol. The summed E-state index contributed by atoms with van der Waals surface area (Å²) in [6, 6.07) is 15.9. The number of nitrogens with two attached hydrogens (primary N) is 1. The quantitative estimate of drug-likeness (QED) is 0.937. The number of methoxy groups -OCH3 is 1. The number of anilines is 1. The Morgan fingerprint density at radius 2 is 1.86 bits per heavy atom. The van der Waals surface area contributed by atoms with Crippen LogP contribution in [0.2, 0.25) is 5.02 Å². The van der Waals surface area contributed by atoms with E-state index in [-0.39, 0.29) is 6.04 Å². The lowest BCUT2D eigenvalue weighted by atomic mass is 10.0.